The Bertz CT molecular complexity index is 1030. The summed E-state index contributed by atoms with van der Waals surface area (Å²) in [5.74, 6) is -0.867. The Morgan fingerprint density at radius 3 is 2.62 bits per heavy atom. The number of carbonyl (C=O) groups excluding carboxylic acids is 1. The summed E-state index contributed by atoms with van der Waals surface area (Å²) >= 11 is 11.8. The Balaban J connectivity index is 1.84. The Hall–Kier alpha value is -2.37. The summed E-state index contributed by atoms with van der Waals surface area (Å²) in [6.45, 7) is 9.03. The largest absolute Gasteiger partial charge is 0.363 e. The summed E-state index contributed by atoms with van der Waals surface area (Å²) in [4.78, 5) is 14.3. The van der Waals surface area contributed by atoms with E-state index in [-0.39, 0.29) is 10.6 Å². The number of hydrazone groups is 1. The van der Waals surface area contributed by atoms with E-state index in [2.05, 4.69) is 35.4 Å². The van der Waals surface area contributed by atoms with Crippen molar-refractivity contribution in [3.05, 3.63) is 69.0 Å². The van der Waals surface area contributed by atoms with E-state index in [1.807, 2.05) is 13.8 Å². The molecule has 0 saturated heterocycles. The second-order valence-corrected chi connectivity index (χ2v) is 8.26. The molecule has 29 heavy (non-hydrogen) atoms. The number of halogens is 3. The van der Waals surface area contributed by atoms with Crippen LogP contribution in [-0.4, -0.2) is 24.2 Å². The normalized spacial score (nSPS) is 15.3. The number of likely N-dealkylation sites (N-methyl/N-ethyl adjacent to an activating group) is 1. The first-order valence-corrected chi connectivity index (χ1v) is 9.99. The number of anilines is 1. The Morgan fingerprint density at radius 2 is 1.97 bits per heavy atom. The van der Waals surface area contributed by atoms with Crippen LogP contribution in [0.4, 0.5) is 10.1 Å². The van der Waals surface area contributed by atoms with Crippen LogP contribution in [0.2, 0.25) is 10.0 Å². The van der Waals surface area contributed by atoms with Gasteiger partial charge in [-0.1, -0.05) is 29.3 Å². The maximum atomic E-state index is 14.7. The first-order chi connectivity index (χ1) is 13.6. The molecule has 0 unspecified atom stereocenters. The molecule has 7 heteroatoms. The van der Waals surface area contributed by atoms with Gasteiger partial charge in [0.2, 0.25) is 0 Å². The second-order valence-electron chi connectivity index (χ2n) is 7.44. The van der Waals surface area contributed by atoms with Gasteiger partial charge >= 0.3 is 0 Å². The smallest absolute Gasteiger partial charge is 0.271 e. The zero-order valence-corrected chi connectivity index (χ0v) is 18.2. The SMILES string of the molecule is CCN1c2cc(F)c(/C=N\NC(=O)c3ccc(Cl)c(Cl)c3)cc2C(C)=CC1(C)C. The van der Waals surface area contributed by atoms with E-state index >= 15 is 0 Å². The van der Waals surface area contributed by atoms with E-state index in [9.17, 15) is 9.18 Å². The number of allylic oxidation sites excluding steroid dienone is 1. The number of carbonyl (C=O) groups is 1. The van der Waals surface area contributed by atoms with Crippen molar-refractivity contribution in [3.63, 3.8) is 0 Å². The van der Waals surface area contributed by atoms with Crippen molar-refractivity contribution in [1.29, 1.82) is 0 Å². The summed E-state index contributed by atoms with van der Waals surface area (Å²) in [6.07, 6.45) is 3.47. The molecule has 1 amide bonds. The molecule has 0 aliphatic carbocycles. The average Bonchev–Trinajstić information content (AvgIpc) is 2.64. The number of benzene rings is 2. The molecular weight excluding hydrogens is 412 g/mol. The summed E-state index contributed by atoms with van der Waals surface area (Å²) in [6, 6.07) is 7.79. The molecule has 2 aromatic carbocycles. The van der Waals surface area contributed by atoms with Crippen LogP contribution in [0.5, 0.6) is 0 Å². The van der Waals surface area contributed by atoms with Gasteiger partial charge in [-0.2, -0.15) is 5.10 Å². The van der Waals surface area contributed by atoms with Crippen molar-refractivity contribution in [2.75, 3.05) is 11.4 Å². The Kier molecular flexibility index (Phi) is 6.01. The van der Waals surface area contributed by atoms with Crippen molar-refractivity contribution in [1.82, 2.24) is 5.43 Å². The lowest BCUT2D eigenvalue weighted by molar-refractivity contribution is 0.0955. The third kappa shape index (κ3) is 4.31. The van der Waals surface area contributed by atoms with Gasteiger partial charge in [-0.15, -0.1) is 0 Å². The molecule has 152 valence electrons. The molecule has 0 fully saturated rings. The summed E-state index contributed by atoms with van der Waals surface area (Å²) < 4.78 is 14.7. The Labute approximate surface area is 180 Å². The van der Waals surface area contributed by atoms with Crippen LogP contribution < -0.4 is 10.3 Å². The zero-order valence-electron chi connectivity index (χ0n) is 16.7. The van der Waals surface area contributed by atoms with Crippen LogP contribution in [0.25, 0.3) is 5.57 Å². The standard InChI is InChI=1S/C22H22Cl2FN3O/c1-5-28-20-10-19(25)15(8-16(20)13(2)11-22(28,3)4)12-26-27-21(29)14-6-7-17(23)18(24)9-14/h6-12H,5H2,1-4H3,(H,27,29)/b26-12-. The first-order valence-electron chi connectivity index (χ1n) is 9.23. The van der Waals surface area contributed by atoms with Gasteiger partial charge in [-0.05, 0) is 63.6 Å². The number of hydrogen-bond acceptors (Lipinski definition) is 3. The highest BCUT2D eigenvalue weighted by Gasteiger charge is 2.30. The van der Waals surface area contributed by atoms with Gasteiger partial charge in [0.1, 0.15) is 5.82 Å². The van der Waals surface area contributed by atoms with E-state index in [4.69, 9.17) is 23.2 Å². The molecule has 2 aromatic rings. The van der Waals surface area contributed by atoms with E-state index in [1.165, 1.54) is 30.5 Å². The van der Waals surface area contributed by atoms with Crippen molar-refractivity contribution < 1.29 is 9.18 Å². The lowest BCUT2D eigenvalue weighted by Gasteiger charge is -2.42. The van der Waals surface area contributed by atoms with E-state index in [0.29, 0.717) is 16.1 Å². The number of nitrogens with zero attached hydrogens (tertiary/aromatic N) is 2. The fourth-order valence-electron chi connectivity index (χ4n) is 3.65. The molecule has 0 aromatic heterocycles. The van der Waals surface area contributed by atoms with Crippen LogP contribution >= 0.6 is 23.2 Å². The number of hydrogen-bond donors (Lipinski definition) is 1. The molecule has 1 heterocycles. The second kappa shape index (κ2) is 8.17. The third-order valence-corrected chi connectivity index (χ3v) is 5.70. The van der Waals surface area contributed by atoms with Gasteiger partial charge in [0.05, 0.1) is 21.8 Å². The molecule has 3 rings (SSSR count). The van der Waals surface area contributed by atoms with Gasteiger partial charge < -0.3 is 4.90 Å². The van der Waals surface area contributed by atoms with Crippen LogP contribution in [0.1, 0.15) is 49.2 Å². The highest BCUT2D eigenvalue weighted by atomic mass is 35.5. The minimum atomic E-state index is -0.465. The van der Waals surface area contributed by atoms with E-state index in [1.54, 1.807) is 6.07 Å². The van der Waals surface area contributed by atoms with E-state index < -0.39 is 11.7 Å². The predicted molar refractivity (Wildman–Crippen MR) is 119 cm³/mol. The molecule has 0 spiro atoms. The van der Waals surface area contributed by atoms with E-state index in [0.717, 1.165) is 23.4 Å². The maximum absolute atomic E-state index is 14.7. The topological polar surface area (TPSA) is 44.7 Å². The molecule has 0 bridgehead atoms. The predicted octanol–water partition coefficient (Wildman–Crippen LogP) is 5.92. The van der Waals surface area contributed by atoms with Crippen molar-refractivity contribution in [2.24, 2.45) is 5.10 Å². The molecule has 0 radical (unpaired) electrons. The number of fused-ring (bicyclic) bond motifs is 1. The van der Waals surface area contributed by atoms with Gasteiger partial charge in [0.25, 0.3) is 5.91 Å². The van der Waals surface area contributed by atoms with Gasteiger partial charge in [-0.25, -0.2) is 9.82 Å². The van der Waals surface area contributed by atoms with Gasteiger partial charge in [0, 0.05) is 28.9 Å². The average molecular weight is 434 g/mol. The number of rotatable bonds is 4. The summed E-state index contributed by atoms with van der Waals surface area (Å²) in [7, 11) is 0. The monoisotopic (exact) mass is 433 g/mol. The molecule has 1 N–H and O–H groups in total. The summed E-state index contributed by atoms with van der Waals surface area (Å²) in [5.41, 5.74) is 5.67. The molecule has 0 atom stereocenters. The fraction of sp³-hybridized carbons (Fsp3) is 0.273. The number of nitrogens with one attached hydrogen (secondary N) is 1. The Morgan fingerprint density at radius 1 is 1.24 bits per heavy atom. The maximum Gasteiger partial charge on any atom is 0.271 e. The van der Waals surface area contributed by atoms with Crippen LogP contribution in [-0.2, 0) is 0 Å². The number of amides is 1. The summed E-state index contributed by atoms with van der Waals surface area (Å²) in [5, 5.41) is 4.53. The zero-order chi connectivity index (χ0) is 21.3. The van der Waals surface area contributed by atoms with Crippen LogP contribution in [0.3, 0.4) is 0 Å². The molecule has 1 aliphatic heterocycles. The van der Waals surface area contributed by atoms with Gasteiger partial charge in [0.15, 0.2) is 0 Å². The minimum absolute atomic E-state index is 0.193. The highest BCUT2D eigenvalue weighted by Crippen LogP contribution is 2.39. The van der Waals surface area contributed by atoms with Crippen molar-refractivity contribution in [3.8, 4) is 0 Å². The van der Waals surface area contributed by atoms with Crippen molar-refractivity contribution >= 4 is 46.6 Å². The molecule has 1 aliphatic rings. The molecule has 4 nitrogen and oxygen atoms in total. The van der Waals surface area contributed by atoms with Crippen LogP contribution in [0, 0.1) is 5.82 Å². The highest BCUT2D eigenvalue weighted by molar-refractivity contribution is 6.42. The quantitative estimate of drug-likeness (QED) is 0.480. The van der Waals surface area contributed by atoms with Gasteiger partial charge in [-0.3, -0.25) is 4.79 Å². The lowest BCUT2D eigenvalue weighted by Crippen LogP contribution is -2.45. The van der Waals surface area contributed by atoms with Crippen molar-refractivity contribution in [2.45, 2.75) is 33.2 Å². The fourth-order valence-corrected chi connectivity index (χ4v) is 3.95. The first kappa shape index (κ1) is 21.3. The lowest BCUT2D eigenvalue weighted by atomic mass is 9.88. The molecular formula is C22H22Cl2FN3O. The third-order valence-electron chi connectivity index (χ3n) is 4.96. The minimum Gasteiger partial charge on any atom is -0.363 e. The van der Waals surface area contributed by atoms with Crippen LogP contribution in [0.15, 0.2) is 41.5 Å². The molecule has 0 saturated carbocycles.